The van der Waals surface area contributed by atoms with Crippen LogP contribution in [0.15, 0.2) is 54.6 Å². The van der Waals surface area contributed by atoms with E-state index in [4.69, 9.17) is 14.2 Å². The molecule has 1 aliphatic heterocycles. The minimum absolute atomic E-state index is 0.376. The first-order valence-corrected chi connectivity index (χ1v) is 12.1. The summed E-state index contributed by atoms with van der Waals surface area (Å²) in [5.74, 6) is 0.514. The van der Waals surface area contributed by atoms with E-state index < -0.39 is 17.7 Å². The van der Waals surface area contributed by atoms with Crippen molar-refractivity contribution in [2.24, 2.45) is 0 Å². The molecule has 184 valence electrons. The lowest BCUT2D eigenvalue weighted by Crippen LogP contribution is -2.28. The van der Waals surface area contributed by atoms with Gasteiger partial charge in [0.15, 0.2) is 6.10 Å². The summed E-state index contributed by atoms with van der Waals surface area (Å²) < 4.78 is 18.4. The van der Waals surface area contributed by atoms with Gasteiger partial charge >= 0.3 is 5.97 Å². The number of rotatable bonds is 7. The van der Waals surface area contributed by atoms with Crippen LogP contribution in [-0.2, 0) is 22.6 Å². The first-order chi connectivity index (χ1) is 16.7. The molecule has 0 radical (unpaired) electrons. The maximum absolute atomic E-state index is 12.5. The van der Waals surface area contributed by atoms with Gasteiger partial charge in [0.25, 0.3) is 0 Å². The van der Waals surface area contributed by atoms with E-state index in [9.17, 15) is 9.90 Å². The number of hydrogen-bond donors (Lipinski definition) is 1. The Morgan fingerprint density at radius 2 is 1.80 bits per heavy atom. The predicted octanol–water partition coefficient (Wildman–Crippen LogP) is 6.82. The molecule has 35 heavy (non-hydrogen) atoms. The Balaban J connectivity index is 1.91. The zero-order valence-corrected chi connectivity index (χ0v) is 21.2. The molecule has 1 N–H and O–H groups in total. The second kappa shape index (κ2) is 10.1. The molecular weight excluding hydrogens is 440 g/mol. The number of carbonyl (C=O) groups is 1. The van der Waals surface area contributed by atoms with E-state index >= 15 is 0 Å². The number of aliphatic carboxylic acids is 1. The summed E-state index contributed by atoms with van der Waals surface area (Å²) >= 11 is 0. The molecule has 0 spiro atoms. The number of benzene rings is 3. The van der Waals surface area contributed by atoms with Crippen LogP contribution in [0.4, 0.5) is 0 Å². The van der Waals surface area contributed by atoms with Crippen LogP contribution in [0, 0.1) is 13.8 Å². The second-order valence-electron chi connectivity index (χ2n) is 10.1. The third-order valence-electron chi connectivity index (χ3n) is 6.27. The average molecular weight is 475 g/mol. The lowest BCUT2D eigenvalue weighted by molar-refractivity contribution is -0.160. The SMILES string of the molecule is Cc1ccc(OCc2ccccc2)c(-c2ccc3c(c2C)CCCO3)c1[C@H](OC(C)(C)C)C(=O)O. The van der Waals surface area contributed by atoms with Gasteiger partial charge in [0, 0.05) is 11.1 Å². The van der Waals surface area contributed by atoms with E-state index in [0.717, 1.165) is 46.4 Å². The van der Waals surface area contributed by atoms with Gasteiger partial charge in [-0.15, -0.1) is 0 Å². The van der Waals surface area contributed by atoms with Crippen LogP contribution in [0.1, 0.15) is 61.1 Å². The largest absolute Gasteiger partial charge is 0.493 e. The second-order valence-corrected chi connectivity index (χ2v) is 10.1. The number of aryl methyl sites for hydroxylation is 1. The molecule has 3 aromatic rings. The van der Waals surface area contributed by atoms with Gasteiger partial charge in [-0.25, -0.2) is 4.79 Å². The molecule has 0 saturated heterocycles. The molecule has 0 amide bonds. The van der Waals surface area contributed by atoms with Gasteiger partial charge in [-0.2, -0.15) is 0 Å². The molecule has 0 aromatic heterocycles. The molecule has 1 heterocycles. The monoisotopic (exact) mass is 474 g/mol. The highest BCUT2D eigenvalue weighted by Crippen LogP contribution is 2.45. The summed E-state index contributed by atoms with van der Waals surface area (Å²) in [6, 6.07) is 17.8. The molecule has 0 unspecified atom stereocenters. The third-order valence-corrected chi connectivity index (χ3v) is 6.27. The van der Waals surface area contributed by atoms with Gasteiger partial charge in [0.05, 0.1) is 12.2 Å². The predicted molar refractivity (Wildman–Crippen MR) is 137 cm³/mol. The van der Waals surface area contributed by atoms with Crippen molar-refractivity contribution in [3.05, 3.63) is 82.4 Å². The lowest BCUT2D eigenvalue weighted by Gasteiger charge is -2.29. The van der Waals surface area contributed by atoms with E-state index in [1.165, 1.54) is 5.56 Å². The van der Waals surface area contributed by atoms with E-state index in [1.807, 2.05) is 82.3 Å². The van der Waals surface area contributed by atoms with Crippen LogP contribution in [-0.4, -0.2) is 23.3 Å². The molecule has 3 aromatic carbocycles. The van der Waals surface area contributed by atoms with Crippen molar-refractivity contribution < 1.29 is 24.1 Å². The van der Waals surface area contributed by atoms with E-state index in [2.05, 4.69) is 6.92 Å². The van der Waals surface area contributed by atoms with Crippen LogP contribution in [0.2, 0.25) is 0 Å². The molecule has 0 saturated carbocycles. The van der Waals surface area contributed by atoms with Gasteiger partial charge in [-0.3, -0.25) is 0 Å². The molecular formula is C30H34O5. The highest BCUT2D eigenvalue weighted by molar-refractivity contribution is 5.85. The minimum Gasteiger partial charge on any atom is -0.493 e. The normalized spacial score (nSPS) is 14.1. The van der Waals surface area contributed by atoms with Gasteiger partial charge in [0.1, 0.15) is 18.1 Å². The summed E-state index contributed by atoms with van der Waals surface area (Å²) in [7, 11) is 0. The van der Waals surface area contributed by atoms with Crippen molar-refractivity contribution in [1.29, 1.82) is 0 Å². The van der Waals surface area contributed by atoms with Crippen LogP contribution in [0.3, 0.4) is 0 Å². The fraction of sp³-hybridized carbons (Fsp3) is 0.367. The summed E-state index contributed by atoms with van der Waals surface area (Å²) in [4.78, 5) is 12.5. The topological polar surface area (TPSA) is 65.0 Å². The third kappa shape index (κ3) is 5.51. The Morgan fingerprint density at radius 1 is 1.06 bits per heavy atom. The summed E-state index contributed by atoms with van der Waals surface area (Å²) in [5, 5.41) is 10.3. The number of carboxylic acid groups (broad SMARTS) is 1. The Morgan fingerprint density at radius 3 is 2.49 bits per heavy atom. The first-order valence-electron chi connectivity index (χ1n) is 12.1. The molecule has 1 aliphatic rings. The average Bonchev–Trinajstić information content (AvgIpc) is 2.82. The van der Waals surface area contributed by atoms with Gasteiger partial charge < -0.3 is 19.3 Å². The Bertz CT molecular complexity index is 1210. The fourth-order valence-electron chi connectivity index (χ4n) is 4.64. The van der Waals surface area contributed by atoms with Gasteiger partial charge in [-0.05, 0) is 87.4 Å². The minimum atomic E-state index is -1.14. The number of hydrogen-bond acceptors (Lipinski definition) is 4. The van der Waals surface area contributed by atoms with Crippen molar-refractivity contribution >= 4 is 5.97 Å². The van der Waals surface area contributed by atoms with Crippen LogP contribution in [0.5, 0.6) is 11.5 Å². The first kappa shape index (κ1) is 24.8. The van der Waals surface area contributed by atoms with E-state index in [-0.39, 0.29) is 0 Å². The number of ether oxygens (including phenoxy) is 3. The van der Waals surface area contributed by atoms with Crippen molar-refractivity contribution in [2.45, 2.75) is 65.8 Å². The summed E-state index contributed by atoms with van der Waals surface area (Å²) in [6.45, 7) is 10.7. The molecule has 1 atom stereocenters. The highest BCUT2D eigenvalue weighted by atomic mass is 16.5. The van der Waals surface area contributed by atoms with Crippen molar-refractivity contribution in [2.75, 3.05) is 6.61 Å². The Labute approximate surface area is 207 Å². The molecule has 0 aliphatic carbocycles. The Kier molecular flexibility index (Phi) is 7.18. The van der Waals surface area contributed by atoms with Crippen LogP contribution in [0.25, 0.3) is 11.1 Å². The van der Waals surface area contributed by atoms with Crippen molar-refractivity contribution in [3.63, 3.8) is 0 Å². The fourth-order valence-corrected chi connectivity index (χ4v) is 4.64. The number of carboxylic acids is 1. The molecule has 5 heteroatoms. The smallest absolute Gasteiger partial charge is 0.337 e. The zero-order valence-electron chi connectivity index (χ0n) is 21.2. The quantitative estimate of drug-likeness (QED) is 0.407. The maximum Gasteiger partial charge on any atom is 0.337 e. The lowest BCUT2D eigenvalue weighted by atomic mass is 9.86. The summed E-state index contributed by atoms with van der Waals surface area (Å²) in [5.41, 5.74) is 5.82. The molecule has 5 nitrogen and oxygen atoms in total. The zero-order chi connectivity index (χ0) is 25.2. The molecule has 0 bridgehead atoms. The van der Waals surface area contributed by atoms with Crippen molar-refractivity contribution in [1.82, 2.24) is 0 Å². The number of fused-ring (bicyclic) bond motifs is 1. The van der Waals surface area contributed by atoms with Gasteiger partial charge in [0.2, 0.25) is 0 Å². The Hall–Kier alpha value is -3.31. The van der Waals surface area contributed by atoms with Crippen molar-refractivity contribution in [3.8, 4) is 22.6 Å². The summed E-state index contributed by atoms with van der Waals surface area (Å²) in [6.07, 6.45) is 0.745. The maximum atomic E-state index is 12.5. The van der Waals surface area contributed by atoms with E-state index in [1.54, 1.807) is 0 Å². The molecule has 0 fully saturated rings. The van der Waals surface area contributed by atoms with Crippen LogP contribution >= 0.6 is 0 Å². The van der Waals surface area contributed by atoms with Crippen LogP contribution < -0.4 is 9.47 Å². The van der Waals surface area contributed by atoms with E-state index in [0.29, 0.717) is 24.5 Å². The molecule has 4 rings (SSSR count). The van der Waals surface area contributed by atoms with Gasteiger partial charge in [-0.1, -0.05) is 42.5 Å². The standard InChI is InChI=1S/C30H34O5/c1-19-13-15-25(34-18-21-10-7-6-8-11-21)27(26(19)28(29(31)32)35-30(3,4)5)23-14-16-24-22(20(23)2)12-9-17-33-24/h6-8,10-11,13-16,28H,9,12,17-18H2,1-5H3,(H,31,32)/t28-/m0/s1. The highest BCUT2D eigenvalue weighted by Gasteiger charge is 2.33.